The van der Waals surface area contributed by atoms with E-state index in [1.54, 1.807) is 6.92 Å². The van der Waals surface area contributed by atoms with Crippen molar-refractivity contribution in [3.8, 4) is 5.75 Å². The van der Waals surface area contributed by atoms with Gasteiger partial charge in [-0.3, -0.25) is 18.5 Å². The first-order valence-corrected chi connectivity index (χ1v) is 18.0. The molecule has 5 aromatic carbocycles. The van der Waals surface area contributed by atoms with Crippen molar-refractivity contribution in [2.45, 2.75) is 21.6 Å². The molecule has 268 valence electrons. The van der Waals surface area contributed by atoms with Crippen molar-refractivity contribution in [3.63, 3.8) is 0 Å². The van der Waals surface area contributed by atoms with E-state index in [-0.39, 0.29) is 176 Å². The summed E-state index contributed by atoms with van der Waals surface area (Å²) < 4.78 is 108. The normalized spacial score (nSPS) is 11.6. The van der Waals surface area contributed by atoms with Crippen molar-refractivity contribution in [2.24, 2.45) is 30.7 Å². The molecule has 5 rings (SSSR count). The van der Waals surface area contributed by atoms with Crippen LogP contribution in [0.3, 0.4) is 0 Å². The number of azo groups is 3. The standard InChI is InChI=1S/C29H20N8O12S3.5Na/c1-15-12-17(8-11-20(15)33-34-21-4-2-3-5-23(21)50(41,42)43)32-35-22-14-24(51(44,45)46)19-13-25(52(47,48)49)28(29(38)26(19)27(22)30)36-31-16-6-9-18(10-7-16)37(39)40;;;;;/h2,4-6,8-14,38H,30H2,1H3,(H,41,42,43)(H,44,45,46)(H,47,48,49);;;;;/q-2;5*+1/p-3. The SMILES string of the molecule is Cc1cc(N=Nc2cc(S(=O)(=O)[O-])c3cc(S(=O)(=O)[O-])c(N=Nc4[c-]cc([N+](=O)[O-])cc4)c(O)c3c2N)ccc1N=Nc1cc[c-]cc1S(=O)(=O)[O-].[Na+].[Na+].[Na+].[Na+].[Na+]. The van der Waals surface area contributed by atoms with Crippen LogP contribution in [0.4, 0.5) is 45.5 Å². The molecule has 0 aromatic heterocycles. The van der Waals surface area contributed by atoms with E-state index < -0.39 is 83.5 Å². The van der Waals surface area contributed by atoms with Crippen LogP contribution in [0.15, 0.2) is 112 Å². The molecule has 0 spiro atoms. The van der Waals surface area contributed by atoms with Gasteiger partial charge in [0.25, 0.3) is 0 Å². The van der Waals surface area contributed by atoms with Crippen LogP contribution in [0, 0.1) is 29.2 Å². The summed E-state index contributed by atoms with van der Waals surface area (Å²) in [6, 6.07) is 16.6. The predicted molar refractivity (Wildman–Crippen MR) is 175 cm³/mol. The first kappa shape index (κ1) is 55.9. The quantitative estimate of drug-likeness (QED) is 0.0251. The summed E-state index contributed by atoms with van der Waals surface area (Å²) in [5.41, 5.74) is 4.05. The van der Waals surface area contributed by atoms with Gasteiger partial charge >= 0.3 is 148 Å². The van der Waals surface area contributed by atoms with Crippen molar-refractivity contribution in [1.29, 1.82) is 0 Å². The first-order chi connectivity index (χ1) is 24.3. The number of phenolic OH excluding ortho intramolecular Hbond substituents is 1. The molecule has 0 atom stereocenters. The topological polar surface area (TPSA) is 335 Å². The number of phenols is 1. The van der Waals surface area contributed by atoms with Gasteiger partial charge in [-0.15, -0.1) is 28.4 Å². The maximum Gasteiger partial charge on any atom is 1.00 e. The molecule has 0 amide bonds. The Morgan fingerprint density at radius 1 is 0.684 bits per heavy atom. The number of nitro groups is 1. The van der Waals surface area contributed by atoms with Crippen LogP contribution in [0.5, 0.6) is 5.75 Å². The summed E-state index contributed by atoms with van der Waals surface area (Å²) in [6.07, 6.45) is 0. The van der Waals surface area contributed by atoms with Crippen LogP contribution in [-0.2, 0) is 30.4 Å². The van der Waals surface area contributed by atoms with Gasteiger partial charge in [-0.05, 0) is 59.1 Å². The third-order valence-corrected chi connectivity index (χ3v) is 9.49. The van der Waals surface area contributed by atoms with Gasteiger partial charge in [-0.25, -0.2) is 16.8 Å². The number of anilines is 1. The summed E-state index contributed by atoms with van der Waals surface area (Å²) in [7, 11) is -15.9. The number of hydrogen-bond acceptors (Lipinski definition) is 19. The second-order valence-corrected chi connectivity index (χ2v) is 14.4. The van der Waals surface area contributed by atoms with Crippen molar-refractivity contribution in [1.82, 2.24) is 0 Å². The van der Waals surface area contributed by atoms with Crippen molar-refractivity contribution in [3.05, 3.63) is 94.5 Å². The number of rotatable bonds is 10. The van der Waals surface area contributed by atoms with E-state index in [0.29, 0.717) is 17.7 Å². The van der Waals surface area contributed by atoms with Gasteiger partial charge in [-0.2, -0.15) is 38.7 Å². The fourth-order valence-electron chi connectivity index (χ4n) is 4.50. The molecule has 0 saturated carbocycles. The maximum absolute atomic E-state index is 12.3. The Kier molecular flexibility index (Phi) is 22.2. The van der Waals surface area contributed by atoms with E-state index in [1.165, 1.54) is 30.3 Å². The number of nitrogen functional groups attached to an aromatic ring is 1. The molecular formula is C29H17N8Na5O12S3. The first-order valence-electron chi connectivity index (χ1n) is 13.8. The molecule has 0 saturated heterocycles. The number of nitrogens with zero attached hydrogens (tertiary/aromatic N) is 7. The number of non-ortho nitro benzene ring substituents is 1. The molecule has 0 heterocycles. The zero-order valence-corrected chi connectivity index (χ0v) is 43.2. The summed E-state index contributed by atoms with van der Waals surface area (Å²) in [5, 5.41) is 43.5. The number of aromatic hydroxyl groups is 1. The van der Waals surface area contributed by atoms with E-state index in [1.807, 2.05) is 0 Å². The molecular weight excluding hydrogens is 864 g/mol. The average Bonchev–Trinajstić information content (AvgIpc) is 3.05. The minimum Gasteiger partial charge on any atom is -0.754 e. The number of hydrogen-bond donors (Lipinski definition) is 2. The van der Waals surface area contributed by atoms with Gasteiger partial charge in [0, 0.05) is 10.3 Å². The third-order valence-electron chi connectivity index (χ3n) is 6.90. The number of fused-ring (bicyclic) bond motifs is 1. The van der Waals surface area contributed by atoms with Crippen molar-refractivity contribution in [2.75, 3.05) is 5.73 Å². The summed E-state index contributed by atoms with van der Waals surface area (Å²) >= 11 is 0. The molecule has 0 radical (unpaired) electrons. The van der Waals surface area contributed by atoms with Gasteiger partial charge < -0.3 is 24.5 Å². The average molecular weight is 881 g/mol. The van der Waals surface area contributed by atoms with Gasteiger partial charge in [0.15, 0.2) is 11.4 Å². The second kappa shape index (κ2) is 22.7. The van der Waals surface area contributed by atoms with Crippen LogP contribution in [0.2, 0.25) is 0 Å². The summed E-state index contributed by atoms with van der Waals surface area (Å²) in [4.78, 5) is 7.12. The molecule has 3 N–H and O–H groups in total. The molecule has 0 aliphatic rings. The van der Waals surface area contributed by atoms with Crippen LogP contribution in [0.1, 0.15) is 5.56 Å². The predicted octanol–water partition coefficient (Wildman–Crippen LogP) is -9.08. The Balaban J connectivity index is 0.00000627. The minimum absolute atomic E-state index is 0. The smallest absolute Gasteiger partial charge is 0.754 e. The number of aryl methyl sites for hydroxylation is 1. The molecule has 57 heavy (non-hydrogen) atoms. The van der Waals surface area contributed by atoms with E-state index in [2.05, 4.69) is 42.8 Å². The monoisotopic (exact) mass is 880 g/mol. The molecule has 0 fully saturated rings. The Hall–Kier alpha value is -1.11. The number of nitro benzene ring substituents is 1. The molecule has 0 bridgehead atoms. The maximum atomic E-state index is 12.3. The minimum atomic E-state index is -5.54. The molecule has 0 unspecified atom stereocenters. The van der Waals surface area contributed by atoms with Crippen LogP contribution in [0.25, 0.3) is 10.8 Å². The molecule has 0 aliphatic carbocycles. The van der Waals surface area contributed by atoms with Gasteiger partial charge in [0.2, 0.25) is 0 Å². The number of nitrogens with two attached hydrogens (primary N) is 1. The Bertz CT molecular complexity index is 2740. The van der Waals surface area contributed by atoms with Crippen LogP contribution in [-0.4, -0.2) is 48.9 Å². The summed E-state index contributed by atoms with van der Waals surface area (Å²) in [5.74, 6) is -1.19. The zero-order valence-electron chi connectivity index (χ0n) is 30.7. The van der Waals surface area contributed by atoms with E-state index in [9.17, 15) is 54.1 Å². The van der Waals surface area contributed by atoms with E-state index in [0.717, 1.165) is 24.3 Å². The van der Waals surface area contributed by atoms with Crippen LogP contribution < -0.4 is 154 Å². The molecule has 0 aliphatic heterocycles. The Morgan fingerprint density at radius 2 is 1.28 bits per heavy atom. The zero-order chi connectivity index (χ0) is 38.2. The molecule has 20 nitrogen and oxygen atoms in total. The molecule has 28 heteroatoms. The molecule has 5 aromatic rings. The number of benzene rings is 5. The third kappa shape index (κ3) is 13.7. The second-order valence-electron chi connectivity index (χ2n) is 10.3. The van der Waals surface area contributed by atoms with Crippen molar-refractivity contribution >= 4 is 86.6 Å². The van der Waals surface area contributed by atoms with Gasteiger partial charge in [0.05, 0.1) is 42.4 Å². The van der Waals surface area contributed by atoms with Crippen molar-refractivity contribution < 1.29 is 197 Å². The van der Waals surface area contributed by atoms with E-state index in [4.69, 9.17) is 5.73 Å². The van der Waals surface area contributed by atoms with Gasteiger partial charge in [0.1, 0.15) is 31.6 Å². The Morgan fingerprint density at radius 3 is 1.82 bits per heavy atom. The van der Waals surface area contributed by atoms with E-state index >= 15 is 0 Å². The van der Waals surface area contributed by atoms with Gasteiger partial charge in [-0.1, -0.05) is 12.1 Å². The largest absolute Gasteiger partial charge is 1.00 e. The fraction of sp³-hybridized carbons (Fsp3) is 0.0345. The van der Waals surface area contributed by atoms with Crippen LogP contribution >= 0.6 is 0 Å². The fourth-order valence-corrected chi connectivity index (χ4v) is 6.40. The Labute approximate surface area is 435 Å². The summed E-state index contributed by atoms with van der Waals surface area (Å²) in [6.45, 7) is 1.56.